The average Bonchev–Trinajstić information content (AvgIpc) is 3.13. The van der Waals surface area contributed by atoms with E-state index in [4.69, 9.17) is 16.3 Å². The van der Waals surface area contributed by atoms with E-state index in [2.05, 4.69) is 20.3 Å². The molecule has 0 aliphatic carbocycles. The van der Waals surface area contributed by atoms with Crippen LogP contribution in [0.4, 0.5) is 5.69 Å². The number of aromatic nitrogens is 3. The van der Waals surface area contributed by atoms with Crippen molar-refractivity contribution in [3.8, 4) is 23.0 Å². The zero-order valence-electron chi connectivity index (χ0n) is 19.2. The molecular formula is C25H26ClN5O2. The molecule has 0 spiro atoms. The molecule has 1 amide bonds. The zero-order chi connectivity index (χ0) is 23.8. The van der Waals surface area contributed by atoms with Gasteiger partial charge in [-0.25, -0.2) is 4.98 Å². The van der Waals surface area contributed by atoms with Crippen LogP contribution in [0.3, 0.4) is 0 Å². The monoisotopic (exact) mass is 463 g/mol. The van der Waals surface area contributed by atoms with Gasteiger partial charge in [-0.2, -0.15) is 4.98 Å². The summed E-state index contributed by atoms with van der Waals surface area (Å²) in [7, 11) is 3.99. The summed E-state index contributed by atoms with van der Waals surface area (Å²) in [4.78, 5) is 25.7. The molecular weight excluding hydrogens is 438 g/mol. The molecule has 0 aliphatic rings. The van der Waals surface area contributed by atoms with E-state index in [0.29, 0.717) is 33.6 Å². The van der Waals surface area contributed by atoms with Gasteiger partial charge in [0.15, 0.2) is 5.65 Å². The summed E-state index contributed by atoms with van der Waals surface area (Å²) in [5, 5.41) is 3.46. The van der Waals surface area contributed by atoms with Crippen LogP contribution in [0.15, 0.2) is 54.6 Å². The number of ether oxygens (including phenoxy) is 1. The van der Waals surface area contributed by atoms with Gasteiger partial charge < -0.3 is 19.9 Å². The van der Waals surface area contributed by atoms with Gasteiger partial charge in [-0.3, -0.25) is 4.79 Å². The lowest BCUT2D eigenvalue weighted by Gasteiger charge is -2.26. The van der Waals surface area contributed by atoms with Gasteiger partial charge in [-0.15, -0.1) is 0 Å². The molecule has 2 N–H and O–H groups in total. The molecule has 170 valence electrons. The number of nitrogens with zero attached hydrogens (tertiary/aromatic N) is 3. The number of aromatic amines is 1. The number of carbonyl (C=O) groups is 1. The predicted octanol–water partition coefficient (Wildman–Crippen LogP) is 5.51. The smallest absolute Gasteiger partial charge is 0.301 e. The normalized spacial score (nSPS) is 11.5. The van der Waals surface area contributed by atoms with E-state index >= 15 is 0 Å². The Morgan fingerprint density at radius 2 is 1.73 bits per heavy atom. The van der Waals surface area contributed by atoms with Gasteiger partial charge in [-0.1, -0.05) is 35.9 Å². The second kappa shape index (κ2) is 8.75. The predicted molar refractivity (Wildman–Crippen MR) is 132 cm³/mol. The van der Waals surface area contributed by atoms with Crippen LogP contribution in [0, 0.1) is 0 Å². The van der Waals surface area contributed by atoms with Crippen LogP contribution in [0.25, 0.3) is 22.4 Å². The fourth-order valence-corrected chi connectivity index (χ4v) is 3.89. The molecule has 0 bridgehead atoms. The molecule has 7 nitrogen and oxygen atoms in total. The topological polar surface area (TPSA) is 83.1 Å². The molecule has 0 radical (unpaired) electrons. The van der Waals surface area contributed by atoms with E-state index in [-0.39, 0.29) is 5.91 Å². The second-order valence-electron chi connectivity index (χ2n) is 8.61. The molecule has 0 saturated carbocycles. The maximum atomic E-state index is 11.4. The number of hydrogen-bond acceptors (Lipinski definition) is 5. The van der Waals surface area contributed by atoms with E-state index in [1.165, 1.54) is 6.92 Å². The van der Waals surface area contributed by atoms with E-state index in [0.717, 1.165) is 16.8 Å². The highest BCUT2D eigenvalue weighted by Crippen LogP contribution is 2.31. The standard InChI is InChI=1S/C25H26ClN5O2/c1-15(32)30-25(2,3)17-8-12-19(13-9-17)33-24-27-21-14-20(26)22(28-23(21)29-24)16-6-10-18(11-7-16)31(4)5/h6-14H,1-5H3,(H,30,32)(H,27,28,29). The Bertz CT molecular complexity index is 1300. The van der Waals surface area contributed by atoms with Crippen molar-refractivity contribution in [3.05, 3.63) is 65.2 Å². The molecule has 8 heteroatoms. The molecule has 0 atom stereocenters. The lowest BCUT2D eigenvalue weighted by molar-refractivity contribution is -0.120. The number of anilines is 1. The van der Waals surface area contributed by atoms with E-state index < -0.39 is 5.54 Å². The largest absolute Gasteiger partial charge is 0.426 e. The number of H-pyrrole nitrogens is 1. The van der Waals surface area contributed by atoms with Crippen molar-refractivity contribution >= 4 is 34.4 Å². The van der Waals surface area contributed by atoms with Crippen LogP contribution in [-0.2, 0) is 10.3 Å². The van der Waals surface area contributed by atoms with Crippen molar-refractivity contribution in [2.45, 2.75) is 26.3 Å². The summed E-state index contributed by atoms with van der Waals surface area (Å²) in [5.41, 5.74) is 4.36. The number of rotatable bonds is 6. The first-order valence-electron chi connectivity index (χ1n) is 10.5. The number of pyridine rings is 1. The third-order valence-corrected chi connectivity index (χ3v) is 5.63. The molecule has 4 aromatic rings. The maximum absolute atomic E-state index is 11.4. The number of carbonyl (C=O) groups excluding carboxylic acids is 1. The fourth-order valence-electron chi connectivity index (χ4n) is 3.63. The lowest BCUT2D eigenvalue weighted by atomic mass is 9.94. The highest BCUT2D eigenvalue weighted by molar-refractivity contribution is 6.33. The Morgan fingerprint density at radius 3 is 2.33 bits per heavy atom. The third-order valence-electron chi connectivity index (χ3n) is 5.34. The third kappa shape index (κ3) is 4.93. The van der Waals surface area contributed by atoms with Crippen LogP contribution in [0.1, 0.15) is 26.3 Å². The van der Waals surface area contributed by atoms with Crippen LogP contribution in [-0.4, -0.2) is 35.0 Å². The van der Waals surface area contributed by atoms with Gasteiger partial charge in [0, 0.05) is 32.3 Å². The first-order valence-corrected chi connectivity index (χ1v) is 10.9. The minimum Gasteiger partial charge on any atom is -0.426 e. The van der Waals surface area contributed by atoms with Crippen molar-refractivity contribution in [1.82, 2.24) is 20.3 Å². The van der Waals surface area contributed by atoms with Crippen LogP contribution < -0.4 is 15.0 Å². The van der Waals surface area contributed by atoms with E-state index in [9.17, 15) is 4.79 Å². The Hall–Kier alpha value is -3.58. The summed E-state index contributed by atoms with van der Waals surface area (Å²) in [5.74, 6) is 0.531. The summed E-state index contributed by atoms with van der Waals surface area (Å²) in [6.07, 6.45) is 0. The molecule has 0 aliphatic heterocycles. The van der Waals surface area contributed by atoms with Crippen molar-refractivity contribution in [2.75, 3.05) is 19.0 Å². The number of hydrogen-bond donors (Lipinski definition) is 2. The molecule has 33 heavy (non-hydrogen) atoms. The van der Waals surface area contributed by atoms with Gasteiger partial charge >= 0.3 is 6.01 Å². The Kier molecular flexibility index (Phi) is 5.99. The summed E-state index contributed by atoms with van der Waals surface area (Å²) >= 11 is 6.51. The zero-order valence-corrected chi connectivity index (χ0v) is 20.0. The van der Waals surface area contributed by atoms with Gasteiger partial charge in [0.25, 0.3) is 0 Å². The molecule has 0 saturated heterocycles. The number of imidazole rings is 1. The summed E-state index contributed by atoms with van der Waals surface area (Å²) < 4.78 is 5.90. The lowest BCUT2D eigenvalue weighted by Crippen LogP contribution is -2.39. The van der Waals surface area contributed by atoms with Crippen LogP contribution >= 0.6 is 11.6 Å². The van der Waals surface area contributed by atoms with E-state index in [1.54, 1.807) is 6.07 Å². The Balaban J connectivity index is 1.57. The van der Waals surface area contributed by atoms with Crippen LogP contribution in [0.2, 0.25) is 5.02 Å². The number of amides is 1. The summed E-state index contributed by atoms with van der Waals surface area (Å²) in [6, 6.07) is 17.7. The number of halogens is 1. The highest BCUT2D eigenvalue weighted by atomic mass is 35.5. The highest BCUT2D eigenvalue weighted by Gasteiger charge is 2.21. The quantitative estimate of drug-likeness (QED) is 0.394. The van der Waals surface area contributed by atoms with Crippen molar-refractivity contribution < 1.29 is 9.53 Å². The maximum Gasteiger partial charge on any atom is 0.301 e. The summed E-state index contributed by atoms with van der Waals surface area (Å²) in [6.45, 7) is 5.40. The minimum atomic E-state index is -0.481. The van der Waals surface area contributed by atoms with E-state index in [1.807, 2.05) is 81.4 Å². The van der Waals surface area contributed by atoms with Crippen molar-refractivity contribution in [1.29, 1.82) is 0 Å². The first-order chi connectivity index (χ1) is 15.6. The SMILES string of the molecule is CC(=O)NC(C)(C)c1ccc(Oc2nc3nc(-c4ccc(N(C)C)cc4)c(Cl)cc3[nH]2)cc1. The van der Waals surface area contributed by atoms with Crippen LogP contribution in [0.5, 0.6) is 11.8 Å². The molecule has 4 rings (SSSR count). The molecule has 2 aromatic heterocycles. The van der Waals surface area contributed by atoms with Crippen molar-refractivity contribution in [3.63, 3.8) is 0 Å². The molecule has 2 aromatic carbocycles. The first kappa shape index (κ1) is 22.6. The van der Waals surface area contributed by atoms with Gasteiger partial charge in [0.1, 0.15) is 5.75 Å². The molecule has 2 heterocycles. The van der Waals surface area contributed by atoms with Gasteiger partial charge in [0.05, 0.1) is 21.8 Å². The second-order valence-corrected chi connectivity index (χ2v) is 9.01. The molecule has 0 fully saturated rings. The Morgan fingerprint density at radius 1 is 1.06 bits per heavy atom. The van der Waals surface area contributed by atoms with Crippen molar-refractivity contribution in [2.24, 2.45) is 0 Å². The Labute approximate surface area is 197 Å². The van der Waals surface area contributed by atoms with Gasteiger partial charge in [0.2, 0.25) is 5.91 Å². The minimum absolute atomic E-state index is 0.0817. The number of nitrogens with one attached hydrogen (secondary N) is 2. The fraction of sp³-hybridized carbons (Fsp3) is 0.240. The van der Waals surface area contributed by atoms with Gasteiger partial charge in [-0.05, 0) is 49.7 Å². The number of benzene rings is 2. The average molecular weight is 464 g/mol. The number of fused-ring (bicyclic) bond motifs is 1. The molecule has 0 unspecified atom stereocenters.